The van der Waals surface area contributed by atoms with Crippen molar-refractivity contribution >= 4 is 23.2 Å². The lowest BCUT2D eigenvalue weighted by Gasteiger charge is -2.17. The Morgan fingerprint density at radius 3 is 2.54 bits per heavy atom. The molecule has 0 radical (unpaired) electrons. The van der Waals surface area contributed by atoms with Crippen LogP contribution in [0.5, 0.6) is 0 Å². The Labute approximate surface area is 138 Å². The molecule has 1 N–H and O–H groups in total. The smallest absolute Gasteiger partial charge is 0.239 e. The van der Waals surface area contributed by atoms with Gasteiger partial charge in [-0.05, 0) is 37.6 Å². The number of carbonyl (C=O) groups excluding carboxylic acids is 2. The van der Waals surface area contributed by atoms with Gasteiger partial charge in [-0.3, -0.25) is 9.59 Å². The van der Waals surface area contributed by atoms with Gasteiger partial charge in [-0.2, -0.15) is 0 Å². The molecule has 1 atom stereocenters. The number of nitrogens with zero attached hydrogens (tertiary/aromatic N) is 1. The normalized spacial score (nSPS) is 17.2. The lowest BCUT2D eigenvalue weighted by Crippen LogP contribution is -2.33. The minimum atomic E-state index is -0.879. The maximum absolute atomic E-state index is 13.9. The maximum Gasteiger partial charge on any atom is 0.239 e. The molecule has 0 aromatic heterocycles. The van der Waals surface area contributed by atoms with E-state index >= 15 is 0 Å². The first kappa shape index (κ1) is 16.1. The van der Waals surface area contributed by atoms with E-state index in [0.29, 0.717) is 5.69 Å². The highest BCUT2D eigenvalue weighted by atomic mass is 19.1. The fourth-order valence-electron chi connectivity index (χ4n) is 2.73. The van der Waals surface area contributed by atoms with Crippen LogP contribution in [-0.4, -0.2) is 18.4 Å². The summed E-state index contributed by atoms with van der Waals surface area (Å²) in [4.78, 5) is 25.9. The van der Waals surface area contributed by atoms with Crippen LogP contribution in [0.2, 0.25) is 0 Å². The van der Waals surface area contributed by atoms with Crippen molar-refractivity contribution in [1.82, 2.24) is 0 Å². The SMILES string of the molecule is Cc1ccc(NC(=O)C2CCN(c3ccc(F)cc3F)C2=O)cc1. The highest BCUT2D eigenvalue weighted by Gasteiger charge is 2.38. The molecule has 2 amide bonds. The molecule has 0 spiro atoms. The van der Waals surface area contributed by atoms with Gasteiger partial charge in [0.05, 0.1) is 5.69 Å². The van der Waals surface area contributed by atoms with Gasteiger partial charge < -0.3 is 10.2 Å². The van der Waals surface area contributed by atoms with E-state index in [9.17, 15) is 18.4 Å². The van der Waals surface area contributed by atoms with Crippen molar-refractivity contribution in [3.63, 3.8) is 0 Å². The quantitative estimate of drug-likeness (QED) is 0.878. The Bertz CT molecular complexity index is 790. The number of hydrogen-bond acceptors (Lipinski definition) is 2. The summed E-state index contributed by atoms with van der Waals surface area (Å²) in [7, 11) is 0. The van der Waals surface area contributed by atoms with Crippen molar-refractivity contribution in [2.45, 2.75) is 13.3 Å². The van der Waals surface area contributed by atoms with Gasteiger partial charge in [0.2, 0.25) is 11.8 Å². The third-order valence-electron chi connectivity index (χ3n) is 4.04. The zero-order valence-corrected chi connectivity index (χ0v) is 13.1. The van der Waals surface area contributed by atoms with Crippen LogP contribution in [0.15, 0.2) is 42.5 Å². The van der Waals surface area contributed by atoms with E-state index in [4.69, 9.17) is 0 Å². The van der Waals surface area contributed by atoms with Crippen molar-refractivity contribution < 1.29 is 18.4 Å². The molecular weight excluding hydrogens is 314 g/mol. The van der Waals surface area contributed by atoms with Crippen LogP contribution in [0.3, 0.4) is 0 Å². The third-order valence-corrected chi connectivity index (χ3v) is 4.04. The van der Waals surface area contributed by atoms with Gasteiger partial charge in [-0.25, -0.2) is 8.78 Å². The van der Waals surface area contributed by atoms with E-state index in [0.717, 1.165) is 17.7 Å². The molecule has 24 heavy (non-hydrogen) atoms. The number of rotatable bonds is 3. The summed E-state index contributed by atoms with van der Waals surface area (Å²) >= 11 is 0. The fraction of sp³-hybridized carbons (Fsp3) is 0.222. The van der Waals surface area contributed by atoms with E-state index in [-0.39, 0.29) is 18.7 Å². The Balaban J connectivity index is 1.73. The third kappa shape index (κ3) is 3.13. The lowest BCUT2D eigenvalue weighted by atomic mass is 10.1. The topological polar surface area (TPSA) is 49.4 Å². The second kappa shape index (κ2) is 6.39. The Hall–Kier alpha value is -2.76. The van der Waals surface area contributed by atoms with Gasteiger partial charge in [-0.15, -0.1) is 0 Å². The summed E-state index contributed by atoms with van der Waals surface area (Å²) in [6, 6.07) is 10.2. The van der Waals surface area contributed by atoms with E-state index in [1.807, 2.05) is 19.1 Å². The number of hydrogen-bond donors (Lipinski definition) is 1. The van der Waals surface area contributed by atoms with Crippen molar-refractivity contribution in [2.24, 2.45) is 5.92 Å². The van der Waals surface area contributed by atoms with Gasteiger partial charge in [-0.1, -0.05) is 17.7 Å². The van der Waals surface area contributed by atoms with Gasteiger partial charge in [0.25, 0.3) is 0 Å². The van der Waals surface area contributed by atoms with Crippen LogP contribution in [0.4, 0.5) is 20.2 Å². The second-order valence-corrected chi connectivity index (χ2v) is 5.78. The van der Waals surface area contributed by atoms with E-state index in [1.165, 1.54) is 11.0 Å². The molecule has 4 nitrogen and oxygen atoms in total. The van der Waals surface area contributed by atoms with Gasteiger partial charge in [0.15, 0.2) is 0 Å². The van der Waals surface area contributed by atoms with Gasteiger partial charge in [0, 0.05) is 18.3 Å². The summed E-state index contributed by atoms with van der Waals surface area (Å²) < 4.78 is 26.9. The summed E-state index contributed by atoms with van der Waals surface area (Å²) in [5.41, 5.74) is 1.65. The zero-order chi connectivity index (χ0) is 17.3. The fourth-order valence-corrected chi connectivity index (χ4v) is 2.73. The average molecular weight is 330 g/mol. The van der Waals surface area contributed by atoms with E-state index < -0.39 is 29.4 Å². The monoisotopic (exact) mass is 330 g/mol. The minimum Gasteiger partial charge on any atom is -0.325 e. The van der Waals surface area contributed by atoms with Crippen molar-refractivity contribution in [3.05, 3.63) is 59.7 Å². The average Bonchev–Trinajstić information content (AvgIpc) is 2.91. The standard InChI is InChI=1S/C18H16F2N2O2/c1-11-2-5-13(6-3-11)21-17(23)14-8-9-22(18(14)24)16-7-4-12(19)10-15(16)20/h2-7,10,14H,8-9H2,1H3,(H,21,23). The predicted molar refractivity (Wildman–Crippen MR) is 86.6 cm³/mol. The molecular formula is C18H16F2N2O2. The molecule has 124 valence electrons. The Kier molecular flexibility index (Phi) is 4.29. The predicted octanol–water partition coefficient (Wildman–Crippen LogP) is 3.26. The van der Waals surface area contributed by atoms with Crippen LogP contribution >= 0.6 is 0 Å². The number of carbonyl (C=O) groups is 2. The summed E-state index contributed by atoms with van der Waals surface area (Å²) in [5.74, 6) is -3.31. The first-order valence-electron chi connectivity index (χ1n) is 7.59. The molecule has 1 unspecified atom stereocenters. The van der Waals surface area contributed by atoms with Crippen molar-refractivity contribution in [1.29, 1.82) is 0 Å². The van der Waals surface area contributed by atoms with E-state index in [1.54, 1.807) is 12.1 Å². The van der Waals surface area contributed by atoms with Crippen LogP contribution in [0.1, 0.15) is 12.0 Å². The molecule has 1 aliphatic heterocycles. The van der Waals surface area contributed by atoms with Crippen LogP contribution in [0, 0.1) is 24.5 Å². The number of aryl methyl sites for hydroxylation is 1. The number of amides is 2. The molecule has 1 saturated heterocycles. The number of halogens is 2. The molecule has 1 aliphatic rings. The molecule has 0 saturated carbocycles. The lowest BCUT2D eigenvalue weighted by molar-refractivity contribution is -0.129. The molecule has 1 heterocycles. The van der Waals surface area contributed by atoms with Crippen molar-refractivity contribution in [2.75, 3.05) is 16.8 Å². The van der Waals surface area contributed by atoms with Crippen molar-refractivity contribution in [3.8, 4) is 0 Å². The number of nitrogens with one attached hydrogen (secondary N) is 1. The first-order chi connectivity index (χ1) is 11.5. The highest BCUT2D eigenvalue weighted by Crippen LogP contribution is 2.28. The van der Waals surface area contributed by atoms with Crippen LogP contribution < -0.4 is 10.2 Å². The first-order valence-corrected chi connectivity index (χ1v) is 7.59. The largest absolute Gasteiger partial charge is 0.325 e. The second-order valence-electron chi connectivity index (χ2n) is 5.78. The minimum absolute atomic E-state index is 0.00737. The molecule has 3 rings (SSSR count). The van der Waals surface area contributed by atoms with E-state index in [2.05, 4.69) is 5.32 Å². The molecule has 6 heteroatoms. The van der Waals surface area contributed by atoms with Crippen LogP contribution in [0.25, 0.3) is 0 Å². The van der Waals surface area contributed by atoms with Crippen LogP contribution in [-0.2, 0) is 9.59 Å². The Morgan fingerprint density at radius 1 is 1.17 bits per heavy atom. The summed E-state index contributed by atoms with van der Waals surface area (Å²) in [6.07, 6.45) is 0.285. The molecule has 0 aliphatic carbocycles. The number of anilines is 2. The zero-order valence-electron chi connectivity index (χ0n) is 13.1. The molecule has 0 bridgehead atoms. The Morgan fingerprint density at radius 2 is 1.88 bits per heavy atom. The number of benzene rings is 2. The molecule has 2 aromatic rings. The molecule has 1 fully saturated rings. The highest BCUT2D eigenvalue weighted by molar-refractivity contribution is 6.13. The maximum atomic E-state index is 13.9. The van der Waals surface area contributed by atoms with Gasteiger partial charge >= 0.3 is 0 Å². The summed E-state index contributed by atoms with van der Waals surface area (Å²) in [6.45, 7) is 2.15. The van der Waals surface area contributed by atoms with Gasteiger partial charge in [0.1, 0.15) is 17.6 Å². The molecule has 2 aromatic carbocycles. The summed E-state index contributed by atoms with van der Waals surface area (Å²) in [5, 5.41) is 2.70.